The number of phenolic OH excluding ortho intramolecular Hbond substituents is 1. The first kappa shape index (κ1) is 21.3. The van der Waals surface area contributed by atoms with Gasteiger partial charge in [-0.3, -0.25) is 4.79 Å². The third kappa shape index (κ3) is 6.95. The molecule has 0 aliphatic heterocycles. The Morgan fingerprint density at radius 2 is 1.64 bits per heavy atom. The predicted molar refractivity (Wildman–Crippen MR) is 105 cm³/mol. The van der Waals surface area contributed by atoms with E-state index < -0.39 is 17.6 Å². The number of ether oxygens (including phenoxy) is 1. The molecule has 0 radical (unpaired) electrons. The average molecular weight is 385 g/mol. The van der Waals surface area contributed by atoms with Gasteiger partial charge in [-0.15, -0.1) is 0 Å². The summed E-state index contributed by atoms with van der Waals surface area (Å²) in [7, 11) is 0. The predicted octanol–water partition coefficient (Wildman–Crippen LogP) is 3.25. The van der Waals surface area contributed by atoms with Crippen LogP contribution in [0.4, 0.5) is 4.79 Å². The van der Waals surface area contributed by atoms with Gasteiger partial charge in [0.25, 0.3) is 5.91 Å². The maximum absolute atomic E-state index is 12.4. The van der Waals surface area contributed by atoms with Crippen LogP contribution in [0.3, 0.4) is 0 Å². The van der Waals surface area contributed by atoms with Gasteiger partial charge in [-0.05, 0) is 70.2 Å². The first-order chi connectivity index (χ1) is 13.2. The number of carbonyl (C=O) groups excluding carboxylic acids is 2. The highest BCUT2D eigenvalue weighted by Crippen LogP contribution is 2.20. The van der Waals surface area contributed by atoms with Gasteiger partial charge < -0.3 is 20.5 Å². The lowest BCUT2D eigenvalue weighted by molar-refractivity contribution is -0.118. The van der Waals surface area contributed by atoms with Crippen molar-refractivity contribution in [1.82, 2.24) is 10.6 Å². The topological polar surface area (TPSA) is 111 Å². The normalized spacial score (nSPS) is 20.0. The molecular weight excluding hydrogens is 358 g/mol. The lowest BCUT2D eigenvalue weighted by Crippen LogP contribution is -2.45. The molecule has 7 heteroatoms. The Kier molecular flexibility index (Phi) is 7.05. The van der Waals surface area contributed by atoms with Crippen molar-refractivity contribution < 1.29 is 19.4 Å². The van der Waals surface area contributed by atoms with E-state index in [1.807, 2.05) is 26.8 Å². The van der Waals surface area contributed by atoms with E-state index in [1.165, 1.54) is 18.2 Å². The Morgan fingerprint density at radius 3 is 2.14 bits per heavy atom. The number of rotatable bonds is 4. The smallest absolute Gasteiger partial charge is 0.407 e. The molecular formula is C21H27N3O4. The lowest BCUT2D eigenvalue weighted by atomic mass is 9.91. The Morgan fingerprint density at radius 1 is 1.11 bits per heavy atom. The van der Waals surface area contributed by atoms with E-state index in [1.54, 1.807) is 12.1 Å². The summed E-state index contributed by atoms with van der Waals surface area (Å²) in [6.07, 6.45) is 3.95. The van der Waals surface area contributed by atoms with E-state index in [4.69, 9.17) is 4.74 Å². The molecule has 1 fully saturated rings. The molecule has 0 bridgehead atoms. The first-order valence-electron chi connectivity index (χ1n) is 9.37. The molecule has 7 nitrogen and oxygen atoms in total. The summed E-state index contributed by atoms with van der Waals surface area (Å²) < 4.78 is 5.26. The zero-order valence-corrected chi connectivity index (χ0v) is 16.5. The monoisotopic (exact) mass is 385 g/mol. The SMILES string of the molecule is CC(C)(C)OC(=O)NC1CCC(NC(=O)/C(C#N)=C/c2ccc(O)cc2)CC1. The van der Waals surface area contributed by atoms with Crippen LogP contribution in [-0.2, 0) is 9.53 Å². The van der Waals surface area contributed by atoms with Crippen molar-refractivity contribution in [2.24, 2.45) is 0 Å². The van der Waals surface area contributed by atoms with Gasteiger partial charge in [0.15, 0.2) is 0 Å². The van der Waals surface area contributed by atoms with Gasteiger partial charge in [0.2, 0.25) is 0 Å². The fraction of sp³-hybridized carbons (Fsp3) is 0.476. The number of carbonyl (C=O) groups is 2. The van der Waals surface area contributed by atoms with E-state index in [9.17, 15) is 20.0 Å². The molecule has 1 aliphatic rings. The molecule has 2 rings (SSSR count). The van der Waals surface area contributed by atoms with Gasteiger partial charge in [0, 0.05) is 12.1 Å². The first-order valence-corrected chi connectivity index (χ1v) is 9.37. The standard InChI is InChI=1S/C21H27N3O4/c1-21(2,3)28-20(27)24-17-8-6-16(7-9-17)23-19(26)15(13-22)12-14-4-10-18(25)11-5-14/h4-5,10-12,16-17,25H,6-9H2,1-3H3,(H,23,26)(H,24,27)/b15-12+. The van der Waals surface area contributed by atoms with Gasteiger partial charge in [0.1, 0.15) is 23.0 Å². The van der Waals surface area contributed by atoms with Crippen LogP contribution in [0.25, 0.3) is 6.08 Å². The van der Waals surface area contributed by atoms with Crippen molar-refractivity contribution in [3.8, 4) is 11.8 Å². The number of hydrogen-bond donors (Lipinski definition) is 3. The van der Waals surface area contributed by atoms with Crippen LogP contribution in [0.1, 0.15) is 52.0 Å². The molecule has 0 aromatic heterocycles. The van der Waals surface area contributed by atoms with Crippen LogP contribution < -0.4 is 10.6 Å². The highest BCUT2D eigenvalue weighted by molar-refractivity contribution is 6.01. The molecule has 2 amide bonds. The van der Waals surface area contributed by atoms with Gasteiger partial charge in [-0.1, -0.05) is 12.1 Å². The molecule has 0 atom stereocenters. The van der Waals surface area contributed by atoms with Crippen molar-refractivity contribution in [2.45, 2.75) is 64.1 Å². The maximum Gasteiger partial charge on any atom is 0.407 e. The number of hydrogen-bond acceptors (Lipinski definition) is 5. The number of nitrogens with one attached hydrogen (secondary N) is 2. The number of phenols is 1. The molecule has 1 aromatic carbocycles. The third-order valence-corrected chi connectivity index (χ3v) is 4.35. The van der Waals surface area contributed by atoms with Crippen molar-refractivity contribution in [2.75, 3.05) is 0 Å². The maximum atomic E-state index is 12.4. The molecule has 28 heavy (non-hydrogen) atoms. The molecule has 150 valence electrons. The molecule has 1 aromatic rings. The molecule has 0 heterocycles. The van der Waals surface area contributed by atoms with Crippen molar-refractivity contribution in [1.29, 1.82) is 5.26 Å². The number of benzene rings is 1. The lowest BCUT2D eigenvalue weighted by Gasteiger charge is -2.30. The summed E-state index contributed by atoms with van der Waals surface area (Å²) >= 11 is 0. The van der Waals surface area contributed by atoms with Gasteiger partial charge >= 0.3 is 6.09 Å². The van der Waals surface area contributed by atoms with Crippen molar-refractivity contribution in [3.63, 3.8) is 0 Å². The zero-order chi connectivity index (χ0) is 20.7. The summed E-state index contributed by atoms with van der Waals surface area (Å²) in [5.41, 5.74) is 0.140. The van der Waals surface area contributed by atoms with Crippen LogP contribution in [-0.4, -0.2) is 34.8 Å². The van der Waals surface area contributed by atoms with Crippen LogP contribution >= 0.6 is 0 Å². The third-order valence-electron chi connectivity index (χ3n) is 4.35. The molecule has 1 aliphatic carbocycles. The van der Waals surface area contributed by atoms with Gasteiger partial charge in [-0.2, -0.15) is 5.26 Å². The Hall–Kier alpha value is -3.01. The second-order valence-corrected chi connectivity index (χ2v) is 7.93. The largest absolute Gasteiger partial charge is 0.508 e. The van der Waals surface area contributed by atoms with Crippen LogP contribution in [0.15, 0.2) is 29.8 Å². The fourth-order valence-corrected chi connectivity index (χ4v) is 3.01. The average Bonchev–Trinajstić information content (AvgIpc) is 2.61. The summed E-state index contributed by atoms with van der Waals surface area (Å²) in [6.45, 7) is 5.45. The highest BCUT2D eigenvalue weighted by Gasteiger charge is 2.26. The number of nitrogens with zero attached hydrogens (tertiary/aromatic N) is 1. The minimum absolute atomic E-state index is 0.0136. The van der Waals surface area contributed by atoms with E-state index in [0.717, 1.165) is 12.8 Å². The summed E-state index contributed by atoms with van der Waals surface area (Å²) in [6, 6.07) is 8.16. The van der Waals surface area contributed by atoms with Crippen LogP contribution in [0.2, 0.25) is 0 Å². The molecule has 1 saturated carbocycles. The Balaban J connectivity index is 1.84. The Bertz CT molecular complexity index is 764. The highest BCUT2D eigenvalue weighted by atomic mass is 16.6. The number of nitriles is 1. The fourth-order valence-electron chi connectivity index (χ4n) is 3.01. The summed E-state index contributed by atoms with van der Waals surface area (Å²) in [5, 5.41) is 24.3. The molecule has 0 saturated heterocycles. The van der Waals surface area contributed by atoms with E-state index in [0.29, 0.717) is 18.4 Å². The second kappa shape index (κ2) is 9.27. The van der Waals surface area contributed by atoms with Crippen LogP contribution in [0, 0.1) is 11.3 Å². The van der Waals surface area contributed by atoms with Gasteiger partial charge in [-0.25, -0.2) is 4.79 Å². The van der Waals surface area contributed by atoms with Crippen molar-refractivity contribution in [3.05, 3.63) is 35.4 Å². The van der Waals surface area contributed by atoms with Gasteiger partial charge in [0.05, 0.1) is 0 Å². The molecule has 3 N–H and O–H groups in total. The van der Waals surface area contributed by atoms with Crippen molar-refractivity contribution >= 4 is 18.1 Å². The van der Waals surface area contributed by atoms with E-state index in [-0.39, 0.29) is 23.4 Å². The second-order valence-electron chi connectivity index (χ2n) is 7.93. The number of amides is 2. The quantitative estimate of drug-likeness (QED) is 0.544. The molecule has 0 spiro atoms. The summed E-state index contributed by atoms with van der Waals surface area (Å²) in [5.74, 6) is -0.295. The number of aromatic hydroxyl groups is 1. The van der Waals surface area contributed by atoms with Crippen LogP contribution in [0.5, 0.6) is 5.75 Å². The van der Waals surface area contributed by atoms with E-state index in [2.05, 4.69) is 10.6 Å². The summed E-state index contributed by atoms with van der Waals surface area (Å²) in [4.78, 5) is 24.2. The minimum Gasteiger partial charge on any atom is -0.508 e. The van der Waals surface area contributed by atoms with E-state index >= 15 is 0 Å². The number of alkyl carbamates (subject to hydrolysis) is 1. The Labute approximate surface area is 165 Å². The molecule has 0 unspecified atom stereocenters. The zero-order valence-electron chi connectivity index (χ0n) is 16.5. The minimum atomic E-state index is -0.535.